The predicted molar refractivity (Wildman–Crippen MR) is 244 cm³/mol. The smallest absolute Gasteiger partial charge is 0.315 e. The molecule has 10 unspecified atom stereocenters. The lowest BCUT2D eigenvalue weighted by Gasteiger charge is -2.65. The number of carbonyl (C=O) groups excluding carboxylic acids is 2. The van der Waals surface area contributed by atoms with E-state index in [1.54, 1.807) is 53.3 Å². The molecule has 0 radical (unpaired) electrons. The number of carboxylic acid groups (broad SMARTS) is 1. The Labute approximate surface area is 398 Å². The first-order chi connectivity index (χ1) is 30.3. The highest BCUT2D eigenvalue weighted by atomic mass is 32.2. The Hall–Kier alpha value is -1.96. The summed E-state index contributed by atoms with van der Waals surface area (Å²) in [6, 6.07) is -1.95. The number of rotatable bonds is 17. The number of hydrogen-bond acceptors (Lipinski definition) is 17. The number of aliphatic hydroxyl groups excluding tert-OH is 4. The number of urea groups is 1. The quantitative estimate of drug-likeness (QED) is 0.0850. The minimum Gasteiger partial charge on any atom is -0.481 e. The molecule has 21 heteroatoms. The van der Waals surface area contributed by atoms with Crippen LogP contribution >= 0.6 is 11.8 Å². The summed E-state index contributed by atoms with van der Waals surface area (Å²) < 4.78 is 32.7. The van der Waals surface area contributed by atoms with Crippen LogP contribution in [0, 0.1) is 16.7 Å². The third kappa shape index (κ3) is 8.63. The van der Waals surface area contributed by atoms with Gasteiger partial charge in [0.25, 0.3) is 0 Å². The number of fused-ring (bicyclic) bond motifs is 1. The van der Waals surface area contributed by atoms with Gasteiger partial charge >= 0.3 is 12.0 Å². The Morgan fingerprint density at radius 2 is 1.34 bits per heavy atom. The number of carboxylic acids is 1. The molecule has 18 atom stereocenters. The van der Waals surface area contributed by atoms with Crippen molar-refractivity contribution in [3.05, 3.63) is 0 Å². The summed E-state index contributed by atoms with van der Waals surface area (Å²) >= 11 is 1.59. The van der Waals surface area contributed by atoms with Gasteiger partial charge in [-0.25, -0.2) is 4.79 Å². The van der Waals surface area contributed by atoms with Gasteiger partial charge in [0.05, 0.1) is 80.5 Å². The number of hydrogen-bond donors (Lipinski definition) is 12. The van der Waals surface area contributed by atoms with Gasteiger partial charge in [0.2, 0.25) is 5.91 Å². The highest BCUT2D eigenvalue weighted by Crippen LogP contribution is 2.59. The van der Waals surface area contributed by atoms with E-state index in [2.05, 4.69) is 16.0 Å². The van der Waals surface area contributed by atoms with Crippen LogP contribution in [0.15, 0.2) is 0 Å². The van der Waals surface area contributed by atoms with Crippen molar-refractivity contribution in [3.63, 3.8) is 0 Å². The number of thioether (sulfide) groups is 1. The Bertz CT molecular complexity index is 1870. The molecule has 0 bridgehead atoms. The molecule has 5 aliphatic heterocycles. The first kappa shape index (κ1) is 56.0. The van der Waals surface area contributed by atoms with Crippen molar-refractivity contribution in [2.24, 2.45) is 16.7 Å². The number of amides is 3. The maximum Gasteiger partial charge on any atom is 0.315 e. The van der Waals surface area contributed by atoms with E-state index in [0.29, 0.717) is 12.2 Å². The third-order valence-electron chi connectivity index (χ3n) is 17.8. The summed E-state index contributed by atoms with van der Waals surface area (Å²) in [5.41, 5.74) is -21.0. The average Bonchev–Trinajstić information content (AvgIpc) is 3.77. The number of carbonyl (C=O) groups is 3. The van der Waals surface area contributed by atoms with Crippen molar-refractivity contribution in [3.8, 4) is 0 Å². The maximum absolute atomic E-state index is 13.0. The van der Waals surface area contributed by atoms with Crippen molar-refractivity contribution in [1.82, 2.24) is 16.0 Å². The van der Waals surface area contributed by atoms with Crippen molar-refractivity contribution in [1.29, 1.82) is 0 Å². The van der Waals surface area contributed by atoms with Crippen LogP contribution in [0.3, 0.4) is 0 Å². The molecular formula is C46H81N3O17S. The molecule has 67 heavy (non-hydrogen) atoms. The van der Waals surface area contributed by atoms with E-state index >= 15 is 0 Å². The molecule has 0 saturated carbocycles. The molecule has 20 nitrogen and oxygen atoms in total. The Morgan fingerprint density at radius 3 is 1.90 bits per heavy atom. The van der Waals surface area contributed by atoms with Crippen molar-refractivity contribution < 1.29 is 84.0 Å². The van der Waals surface area contributed by atoms with Crippen LogP contribution in [0.1, 0.15) is 116 Å². The van der Waals surface area contributed by atoms with Gasteiger partial charge in [-0.1, -0.05) is 13.8 Å². The van der Waals surface area contributed by atoms with E-state index in [9.17, 15) is 60.3 Å². The molecule has 0 aromatic carbocycles. The van der Waals surface area contributed by atoms with E-state index in [0.717, 1.165) is 0 Å². The molecule has 0 aliphatic carbocycles. The van der Waals surface area contributed by atoms with Crippen LogP contribution in [0.4, 0.5) is 4.79 Å². The minimum absolute atomic E-state index is 0.130. The van der Waals surface area contributed by atoms with Crippen LogP contribution in [0.5, 0.6) is 0 Å². The van der Waals surface area contributed by atoms with E-state index in [1.165, 1.54) is 55.4 Å². The van der Waals surface area contributed by atoms with E-state index < -0.39 is 123 Å². The van der Waals surface area contributed by atoms with Gasteiger partial charge in [-0.15, -0.1) is 0 Å². The third-order valence-corrected chi connectivity index (χ3v) is 19.3. The van der Waals surface area contributed by atoms with E-state index in [-0.39, 0.29) is 56.0 Å². The fourth-order valence-corrected chi connectivity index (χ4v) is 14.1. The largest absolute Gasteiger partial charge is 0.481 e. The molecule has 12 N–H and O–H groups in total. The van der Waals surface area contributed by atoms with Crippen molar-refractivity contribution in [2.75, 3.05) is 45.4 Å². The number of aliphatic carboxylic acids is 1. The van der Waals surface area contributed by atoms with Crippen LogP contribution < -0.4 is 16.0 Å². The molecular weight excluding hydrogens is 899 g/mol. The zero-order chi connectivity index (χ0) is 51.2. The minimum atomic E-state index is -2.26. The monoisotopic (exact) mass is 980 g/mol. The zero-order valence-electron chi connectivity index (χ0n) is 41.8. The highest BCUT2D eigenvalue weighted by Gasteiger charge is 2.75. The molecule has 5 heterocycles. The number of ether oxygens (including phenoxy) is 5. The summed E-state index contributed by atoms with van der Waals surface area (Å²) in [5.74, 6) is -1.43. The highest BCUT2D eigenvalue weighted by molar-refractivity contribution is 8.00. The molecule has 5 fully saturated rings. The summed E-state index contributed by atoms with van der Waals surface area (Å²) in [5, 5.41) is 112. The fourth-order valence-electron chi connectivity index (χ4n) is 12.3. The lowest BCUT2D eigenvalue weighted by atomic mass is 9.55. The molecule has 0 aromatic heterocycles. The van der Waals surface area contributed by atoms with Crippen LogP contribution in [-0.2, 0) is 33.3 Å². The van der Waals surface area contributed by atoms with E-state index in [1.807, 2.05) is 0 Å². The molecule has 0 aromatic rings. The topological polar surface area (TPSA) is 316 Å². The molecule has 0 spiro atoms. The fraction of sp³-hybridized carbons (Fsp3) is 0.935. The Kier molecular flexibility index (Phi) is 15.0. The van der Waals surface area contributed by atoms with E-state index in [4.69, 9.17) is 23.7 Å². The average molecular weight is 980 g/mol. The second-order valence-electron chi connectivity index (χ2n) is 23.0. The molecule has 5 saturated heterocycles. The zero-order valence-corrected chi connectivity index (χ0v) is 42.6. The summed E-state index contributed by atoms with van der Waals surface area (Å²) in [6.07, 6.45) is -2.65. The number of aliphatic hydroxyl groups is 8. The Balaban J connectivity index is 1.44. The summed E-state index contributed by atoms with van der Waals surface area (Å²) in [6.45, 7) is 18.3. The Morgan fingerprint density at radius 1 is 0.761 bits per heavy atom. The first-order valence-corrected chi connectivity index (χ1v) is 24.3. The van der Waals surface area contributed by atoms with Crippen LogP contribution in [-0.4, -0.2) is 201 Å². The second kappa shape index (κ2) is 18.0. The lowest BCUT2D eigenvalue weighted by Crippen LogP contribution is -2.85. The van der Waals surface area contributed by atoms with Gasteiger partial charge in [-0.2, -0.15) is 11.8 Å². The van der Waals surface area contributed by atoms with Gasteiger partial charge < -0.3 is 85.6 Å². The normalized spacial score (nSPS) is 50.0. The van der Waals surface area contributed by atoms with Crippen LogP contribution in [0.2, 0.25) is 0 Å². The van der Waals surface area contributed by atoms with Crippen LogP contribution in [0.25, 0.3) is 0 Å². The first-order valence-electron chi connectivity index (χ1n) is 23.2. The van der Waals surface area contributed by atoms with Crippen molar-refractivity contribution >= 4 is 29.7 Å². The van der Waals surface area contributed by atoms with Gasteiger partial charge in [0.15, 0.2) is 0 Å². The number of nitrogens with one attached hydrogen (secondary N) is 3. The summed E-state index contributed by atoms with van der Waals surface area (Å²) in [4.78, 5) is 37.1. The molecule has 5 rings (SSSR count). The van der Waals surface area contributed by atoms with Gasteiger partial charge in [-0.3, -0.25) is 9.59 Å². The molecule has 3 amide bonds. The lowest BCUT2D eigenvalue weighted by molar-refractivity contribution is -0.408. The second-order valence-corrected chi connectivity index (χ2v) is 24.2. The van der Waals surface area contributed by atoms with Gasteiger partial charge in [-0.05, 0) is 89.0 Å². The summed E-state index contributed by atoms with van der Waals surface area (Å²) in [7, 11) is 0. The molecule has 388 valence electrons. The van der Waals surface area contributed by atoms with Gasteiger partial charge in [0.1, 0.15) is 50.9 Å². The predicted octanol–water partition coefficient (Wildman–Crippen LogP) is -0.0535. The molecule has 5 aliphatic rings. The van der Waals surface area contributed by atoms with Gasteiger partial charge in [0, 0.05) is 35.7 Å². The maximum atomic E-state index is 13.0. The standard InChI is InChI=1S/C46H81N3O17S/c1-25(52)47-31-36(4,21-62-24-41(9)45(13,60)46(14,61)44(12,59)40(8,20-51)66-41)32(55)37(5,19-50)65-38(31,6)22-63-23-39(7)35(2,3)64-42(10,33(56)43(39,11)58)26(16-15-17-28(53)54)30-29-27(18-67-30)48-34(57)49-29/h26-27,29-33,50-51,55-56,58-61H,15-24H2,1-14H3,(H,47,52)(H,53,54)(H2,48,49,57)/t26-,27+,29+,30?,31+,32+,33?,36?,37?,38+,39?,40?,41+,42?,43?,44+,45?,46?/m1/s1. The SMILES string of the molecule is CC(=O)N[C@H]1C(C)(COC[C@]2(C)OC(C)(CO)[C@](C)(O)C(C)(O)C2(C)O)[C@H](O)C(C)(CO)O[C@@]1(C)COCC1(C)C(C)(C)OC(C)([C@H](CCCC(=O)O)C2SC[C@@H]3NC(=O)N[C@H]23)C(O)C1(C)O. The van der Waals surface area contributed by atoms with Crippen molar-refractivity contribution in [2.45, 2.75) is 208 Å².